The van der Waals surface area contributed by atoms with Crippen molar-refractivity contribution in [2.45, 2.75) is 6.54 Å². The van der Waals surface area contributed by atoms with E-state index in [9.17, 15) is 14.0 Å². The van der Waals surface area contributed by atoms with Gasteiger partial charge in [-0.25, -0.2) is 9.37 Å². The number of hydrogen-bond donors (Lipinski definition) is 0. The van der Waals surface area contributed by atoms with E-state index in [1.54, 1.807) is 12.1 Å². The zero-order valence-electron chi connectivity index (χ0n) is 11.6. The molecule has 2 aromatic heterocycles. The van der Waals surface area contributed by atoms with E-state index in [0.717, 1.165) is 17.1 Å². The van der Waals surface area contributed by atoms with Crippen LogP contribution in [0.3, 0.4) is 0 Å². The molecule has 0 spiro atoms. The Morgan fingerprint density at radius 1 is 1.36 bits per heavy atom. The smallest absolute Gasteiger partial charge is 0.325 e. The van der Waals surface area contributed by atoms with Crippen molar-refractivity contribution in [1.29, 1.82) is 0 Å². The minimum atomic E-state index is -0.557. The lowest BCUT2D eigenvalue weighted by molar-refractivity contribution is -0.141. The summed E-state index contributed by atoms with van der Waals surface area (Å²) in [6.45, 7) is -0.0473. The number of halogens is 2. The highest BCUT2D eigenvalue weighted by Crippen LogP contribution is 2.23. The van der Waals surface area contributed by atoms with Crippen molar-refractivity contribution in [2.24, 2.45) is 0 Å². The second-order valence-electron chi connectivity index (χ2n) is 4.30. The van der Waals surface area contributed by atoms with Crippen LogP contribution in [0.1, 0.15) is 15.4 Å². The van der Waals surface area contributed by atoms with E-state index in [0.29, 0.717) is 4.34 Å². The maximum absolute atomic E-state index is 12.9. The molecule has 0 fully saturated rings. The second-order valence-corrected chi connectivity index (χ2v) is 6.10. The van der Waals surface area contributed by atoms with Crippen LogP contribution in [0, 0.1) is 5.82 Å². The van der Waals surface area contributed by atoms with Gasteiger partial charge in [0.1, 0.15) is 18.1 Å². The lowest BCUT2D eigenvalue weighted by Gasteiger charge is -2.20. The highest BCUT2D eigenvalue weighted by Gasteiger charge is 2.21. The highest BCUT2D eigenvalue weighted by molar-refractivity contribution is 7.16. The molecule has 0 saturated heterocycles. The number of rotatable bonds is 5. The third-order valence-electron chi connectivity index (χ3n) is 2.76. The molecule has 0 N–H and O–H groups in total. The molecule has 0 saturated carbocycles. The maximum Gasteiger partial charge on any atom is 0.325 e. The number of methoxy groups -OCH3 is 1. The summed E-state index contributed by atoms with van der Waals surface area (Å²) < 4.78 is 18.1. The van der Waals surface area contributed by atoms with Crippen LogP contribution in [-0.2, 0) is 16.1 Å². The quantitative estimate of drug-likeness (QED) is 0.784. The monoisotopic (exact) mass is 342 g/mol. The van der Waals surface area contributed by atoms with Crippen LogP contribution in [0.25, 0.3) is 0 Å². The Labute approximate surface area is 135 Å². The average molecular weight is 343 g/mol. The molecule has 8 heteroatoms. The van der Waals surface area contributed by atoms with Gasteiger partial charge in [0.2, 0.25) is 0 Å². The molecular formula is C14H12ClFN2O3S. The number of ether oxygens (including phenoxy) is 1. The molecule has 0 aliphatic carbocycles. The molecule has 116 valence electrons. The van der Waals surface area contributed by atoms with Gasteiger partial charge < -0.3 is 9.64 Å². The number of pyridine rings is 1. The van der Waals surface area contributed by atoms with Crippen molar-refractivity contribution in [3.63, 3.8) is 0 Å². The van der Waals surface area contributed by atoms with Crippen molar-refractivity contribution in [1.82, 2.24) is 9.88 Å². The number of aromatic nitrogens is 1. The number of carbonyl (C=O) groups excluding carboxylic acids is 2. The van der Waals surface area contributed by atoms with Gasteiger partial charge in [0.25, 0.3) is 5.91 Å². The fourth-order valence-corrected chi connectivity index (χ4v) is 2.81. The standard InChI is InChI=1S/C14H12ClFN2O3S/c1-21-13(19)8-18(7-10-3-5-12(15)22-10)14(20)11-4-2-9(16)6-17-11/h2-6H,7-8H2,1H3. The topological polar surface area (TPSA) is 59.5 Å². The summed E-state index contributed by atoms with van der Waals surface area (Å²) in [4.78, 5) is 29.7. The van der Waals surface area contributed by atoms with E-state index in [-0.39, 0.29) is 18.8 Å². The van der Waals surface area contributed by atoms with E-state index in [2.05, 4.69) is 9.72 Å². The predicted octanol–water partition coefficient (Wildman–Crippen LogP) is 2.75. The van der Waals surface area contributed by atoms with Crippen LogP contribution in [0.4, 0.5) is 4.39 Å². The second kappa shape index (κ2) is 7.33. The normalized spacial score (nSPS) is 10.3. The lowest BCUT2D eigenvalue weighted by atomic mass is 10.3. The molecule has 5 nitrogen and oxygen atoms in total. The van der Waals surface area contributed by atoms with Crippen LogP contribution >= 0.6 is 22.9 Å². The van der Waals surface area contributed by atoms with Crippen molar-refractivity contribution in [2.75, 3.05) is 13.7 Å². The van der Waals surface area contributed by atoms with Gasteiger partial charge in [0.15, 0.2) is 0 Å². The molecule has 0 bridgehead atoms. The predicted molar refractivity (Wildman–Crippen MR) is 80.3 cm³/mol. The Bertz CT molecular complexity index is 675. The Morgan fingerprint density at radius 2 is 2.14 bits per heavy atom. The first-order valence-corrected chi connectivity index (χ1v) is 7.41. The summed E-state index contributed by atoms with van der Waals surface area (Å²) in [6, 6.07) is 5.88. The van der Waals surface area contributed by atoms with E-state index < -0.39 is 17.7 Å². The summed E-state index contributed by atoms with van der Waals surface area (Å²) in [7, 11) is 1.24. The van der Waals surface area contributed by atoms with Crippen LogP contribution in [0.2, 0.25) is 4.34 Å². The van der Waals surface area contributed by atoms with E-state index in [1.165, 1.54) is 29.4 Å². The molecule has 2 rings (SSSR count). The zero-order valence-corrected chi connectivity index (χ0v) is 13.2. The molecule has 0 aromatic carbocycles. The third-order valence-corrected chi connectivity index (χ3v) is 3.97. The third kappa shape index (κ3) is 4.25. The molecular weight excluding hydrogens is 331 g/mol. The summed E-state index contributed by atoms with van der Waals surface area (Å²) in [5.41, 5.74) is 0.0490. The number of nitrogens with zero attached hydrogens (tertiary/aromatic N) is 2. The van der Waals surface area contributed by atoms with E-state index in [1.807, 2.05) is 0 Å². The number of hydrogen-bond acceptors (Lipinski definition) is 5. The first-order valence-electron chi connectivity index (χ1n) is 6.21. The zero-order chi connectivity index (χ0) is 16.1. The number of esters is 1. The van der Waals surface area contributed by atoms with Gasteiger partial charge in [-0.3, -0.25) is 9.59 Å². The van der Waals surface area contributed by atoms with Crippen molar-refractivity contribution < 1.29 is 18.7 Å². The fraction of sp³-hybridized carbons (Fsp3) is 0.214. The summed E-state index contributed by atoms with van der Waals surface area (Å²) in [5.74, 6) is -1.59. The lowest BCUT2D eigenvalue weighted by Crippen LogP contribution is -2.36. The molecule has 0 aliphatic rings. The minimum absolute atomic E-state index is 0.0490. The van der Waals surface area contributed by atoms with Crippen LogP contribution in [0.5, 0.6) is 0 Å². The molecule has 1 amide bonds. The number of carbonyl (C=O) groups is 2. The van der Waals surface area contributed by atoms with Crippen molar-refractivity contribution in [3.8, 4) is 0 Å². The van der Waals surface area contributed by atoms with Gasteiger partial charge in [-0.2, -0.15) is 0 Å². The fourth-order valence-electron chi connectivity index (χ4n) is 1.71. The van der Waals surface area contributed by atoms with Crippen molar-refractivity contribution >= 4 is 34.8 Å². The molecule has 2 heterocycles. The largest absolute Gasteiger partial charge is 0.468 e. The first-order chi connectivity index (χ1) is 10.5. The molecule has 0 atom stereocenters. The van der Waals surface area contributed by atoms with Crippen LogP contribution in [0.15, 0.2) is 30.5 Å². The number of thiophene rings is 1. The Kier molecular flexibility index (Phi) is 5.46. The van der Waals surface area contributed by atoms with Gasteiger partial charge in [0, 0.05) is 4.88 Å². The van der Waals surface area contributed by atoms with Crippen molar-refractivity contribution in [3.05, 3.63) is 51.2 Å². The van der Waals surface area contributed by atoms with Crippen LogP contribution < -0.4 is 0 Å². The number of amides is 1. The van der Waals surface area contributed by atoms with Gasteiger partial charge >= 0.3 is 5.97 Å². The Hall–Kier alpha value is -1.99. The molecule has 0 unspecified atom stereocenters. The highest BCUT2D eigenvalue weighted by atomic mass is 35.5. The first kappa shape index (κ1) is 16.4. The van der Waals surface area contributed by atoms with Gasteiger partial charge in [0.05, 0.1) is 24.2 Å². The molecule has 2 aromatic rings. The summed E-state index contributed by atoms with van der Waals surface area (Å²) in [6.07, 6.45) is 0.950. The summed E-state index contributed by atoms with van der Waals surface area (Å²) in [5, 5.41) is 0. The van der Waals surface area contributed by atoms with E-state index in [4.69, 9.17) is 11.6 Å². The SMILES string of the molecule is COC(=O)CN(Cc1ccc(Cl)s1)C(=O)c1ccc(F)cn1. The van der Waals surface area contributed by atoms with Gasteiger partial charge in [-0.05, 0) is 24.3 Å². The summed E-state index contributed by atoms with van der Waals surface area (Å²) >= 11 is 7.17. The van der Waals surface area contributed by atoms with Gasteiger partial charge in [-0.15, -0.1) is 11.3 Å². The molecule has 22 heavy (non-hydrogen) atoms. The molecule has 0 radical (unpaired) electrons. The maximum atomic E-state index is 12.9. The minimum Gasteiger partial charge on any atom is -0.468 e. The van der Waals surface area contributed by atoms with Crippen LogP contribution in [-0.4, -0.2) is 35.4 Å². The average Bonchev–Trinajstić information content (AvgIpc) is 2.91. The Morgan fingerprint density at radius 3 is 2.68 bits per heavy atom. The molecule has 0 aliphatic heterocycles. The van der Waals surface area contributed by atoms with E-state index >= 15 is 0 Å². The Balaban J connectivity index is 2.20. The van der Waals surface area contributed by atoms with Gasteiger partial charge in [-0.1, -0.05) is 11.6 Å².